The van der Waals surface area contributed by atoms with Crippen molar-refractivity contribution in [2.45, 2.75) is 12.3 Å². The standard InChI is InChI=1S/C13H15NO2/c1-5-13(2)10-8-9(16-4)6-7-11(10)14(3)12(13)15/h5-8H,1H2,2-4H3/t13-/m1/s1. The van der Waals surface area contributed by atoms with E-state index in [1.54, 1.807) is 25.1 Å². The van der Waals surface area contributed by atoms with Gasteiger partial charge < -0.3 is 9.64 Å². The summed E-state index contributed by atoms with van der Waals surface area (Å²) in [5.74, 6) is 0.806. The number of amides is 1. The topological polar surface area (TPSA) is 29.5 Å². The van der Waals surface area contributed by atoms with Crippen LogP contribution in [0, 0.1) is 0 Å². The van der Waals surface area contributed by atoms with Crippen LogP contribution in [0.4, 0.5) is 5.69 Å². The molecule has 2 rings (SSSR count). The number of ether oxygens (including phenoxy) is 1. The highest BCUT2D eigenvalue weighted by Gasteiger charge is 2.43. The largest absolute Gasteiger partial charge is 0.497 e. The Morgan fingerprint density at radius 3 is 2.75 bits per heavy atom. The van der Waals surface area contributed by atoms with Crippen LogP contribution in [0.15, 0.2) is 30.9 Å². The van der Waals surface area contributed by atoms with E-state index in [-0.39, 0.29) is 5.91 Å². The van der Waals surface area contributed by atoms with Gasteiger partial charge in [-0.15, -0.1) is 6.58 Å². The molecule has 1 atom stereocenters. The number of carbonyl (C=O) groups excluding carboxylic acids is 1. The quantitative estimate of drug-likeness (QED) is 0.710. The fourth-order valence-electron chi connectivity index (χ4n) is 2.12. The molecule has 0 aromatic heterocycles. The maximum Gasteiger partial charge on any atom is 0.241 e. The lowest BCUT2D eigenvalue weighted by Crippen LogP contribution is -2.34. The van der Waals surface area contributed by atoms with Gasteiger partial charge in [-0.3, -0.25) is 4.79 Å². The van der Waals surface area contributed by atoms with Crippen molar-refractivity contribution >= 4 is 11.6 Å². The van der Waals surface area contributed by atoms with Crippen molar-refractivity contribution in [1.29, 1.82) is 0 Å². The Kier molecular flexibility index (Phi) is 2.26. The predicted octanol–water partition coefficient (Wildman–Crippen LogP) is 2.12. The van der Waals surface area contributed by atoms with Crippen molar-refractivity contribution in [1.82, 2.24) is 0 Å². The molecule has 16 heavy (non-hydrogen) atoms. The van der Waals surface area contributed by atoms with E-state index in [1.807, 2.05) is 25.1 Å². The summed E-state index contributed by atoms with van der Waals surface area (Å²) in [6, 6.07) is 5.66. The van der Waals surface area contributed by atoms with E-state index in [1.165, 1.54) is 0 Å². The summed E-state index contributed by atoms with van der Waals surface area (Å²) in [5.41, 5.74) is 1.24. The summed E-state index contributed by atoms with van der Waals surface area (Å²) in [7, 11) is 3.40. The summed E-state index contributed by atoms with van der Waals surface area (Å²) >= 11 is 0. The molecule has 1 aromatic rings. The van der Waals surface area contributed by atoms with E-state index in [0.717, 1.165) is 17.0 Å². The lowest BCUT2D eigenvalue weighted by atomic mass is 9.84. The molecule has 0 bridgehead atoms. The number of nitrogens with zero attached hydrogens (tertiary/aromatic N) is 1. The maximum atomic E-state index is 12.1. The molecule has 1 aromatic carbocycles. The Morgan fingerprint density at radius 2 is 2.19 bits per heavy atom. The first-order chi connectivity index (χ1) is 7.54. The first-order valence-corrected chi connectivity index (χ1v) is 5.15. The molecule has 0 N–H and O–H groups in total. The molecule has 1 aliphatic heterocycles. The van der Waals surface area contributed by atoms with E-state index in [9.17, 15) is 4.79 Å². The highest BCUT2D eigenvalue weighted by Crippen LogP contribution is 2.43. The van der Waals surface area contributed by atoms with Gasteiger partial charge in [0.15, 0.2) is 0 Å². The van der Waals surface area contributed by atoms with Gasteiger partial charge in [0, 0.05) is 12.7 Å². The SMILES string of the molecule is C=C[C@@]1(C)C(=O)N(C)c2ccc(OC)cc21. The van der Waals surface area contributed by atoms with Gasteiger partial charge in [-0.25, -0.2) is 0 Å². The van der Waals surface area contributed by atoms with Gasteiger partial charge in [0.1, 0.15) is 5.75 Å². The second-order valence-electron chi connectivity index (χ2n) is 4.15. The van der Waals surface area contributed by atoms with Gasteiger partial charge >= 0.3 is 0 Å². The van der Waals surface area contributed by atoms with Crippen LogP contribution in [-0.4, -0.2) is 20.1 Å². The van der Waals surface area contributed by atoms with Crippen LogP contribution in [0.5, 0.6) is 5.75 Å². The van der Waals surface area contributed by atoms with Crippen LogP contribution in [0.1, 0.15) is 12.5 Å². The number of carbonyl (C=O) groups is 1. The van der Waals surface area contributed by atoms with Crippen molar-refractivity contribution < 1.29 is 9.53 Å². The Hall–Kier alpha value is -1.77. The van der Waals surface area contributed by atoms with Gasteiger partial charge in [-0.2, -0.15) is 0 Å². The van der Waals surface area contributed by atoms with Gasteiger partial charge in [0.25, 0.3) is 0 Å². The highest BCUT2D eigenvalue weighted by atomic mass is 16.5. The monoisotopic (exact) mass is 217 g/mol. The molecule has 0 unspecified atom stereocenters. The fraction of sp³-hybridized carbons (Fsp3) is 0.308. The summed E-state index contributed by atoms with van der Waals surface area (Å²) < 4.78 is 5.18. The molecule has 3 nitrogen and oxygen atoms in total. The molecule has 0 fully saturated rings. The number of methoxy groups -OCH3 is 1. The van der Waals surface area contributed by atoms with Crippen molar-refractivity contribution in [2.24, 2.45) is 0 Å². The molecule has 0 saturated carbocycles. The Balaban J connectivity index is 2.67. The summed E-state index contributed by atoms with van der Waals surface area (Å²) in [6.45, 7) is 5.64. The van der Waals surface area contributed by atoms with Crippen LogP contribution < -0.4 is 9.64 Å². The van der Waals surface area contributed by atoms with E-state index in [4.69, 9.17) is 4.74 Å². The highest BCUT2D eigenvalue weighted by molar-refractivity contribution is 6.09. The lowest BCUT2D eigenvalue weighted by molar-refractivity contribution is -0.120. The molecular formula is C13H15NO2. The van der Waals surface area contributed by atoms with Crippen LogP contribution in [0.2, 0.25) is 0 Å². The fourth-order valence-corrected chi connectivity index (χ4v) is 2.12. The third-order valence-corrected chi connectivity index (χ3v) is 3.28. The number of hydrogen-bond donors (Lipinski definition) is 0. The molecule has 0 radical (unpaired) electrons. The molecule has 1 amide bonds. The number of benzene rings is 1. The zero-order valence-electron chi connectivity index (χ0n) is 9.78. The maximum absolute atomic E-state index is 12.1. The Bertz CT molecular complexity index is 467. The van der Waals surface area contributed by atoms with Crippen LogP contribution in [-0.2, 0) is 10.2 Å². The normalized spacial score (nSPS) is 23.2. The minimum absolute atomic E-state index is 0.0470. The van der Waals surface area contributed by atoms with Crippen LogP contribution in [0.25, 0.3) is 0 Å². The van der Waals surface area contributed by atoms with Gasteiger partial charge in [0.05, 0.1) is 12.5 Å². The molecule has 1 aliphatic rings. The molecule has 0 aliphatic carbocycles. The van der Waals surface area contributed by atoms with Gasteiger partial charge in [0.2, 0.25) is 5.91 Å². The molecule has 0 spiro atoms. The van der Waals surface area contributed by atoms with Crippen molar-refractivity contribution in [3.05, 3.63) is 36.4 Å². The van der Waals surface area contributed by atoms with Crippen LogP contribution >= 0.6 is 0 Å². The number of fused-ring (bicyclic) bond motifs is 1. The second-order valence-corrected chi connectivity index (χ2v) is 4.15. The molecule has 1 heterocycles. The first kappa shape index (κ1) is 10.7. The zero-order chi connectivity index (χ0) is 11.9. The van der Waals surface area contributed by atoms with E-state index < -0.39 is 5.41 Å². The summed E-state index contributed by atoms with van der Waals surface area (Å²) in [4.78, 5) is 13.8. The minimum atomic E-state index is -0.640. The molecular weight excluding hydrogens is 202 g/mol. The van der Waals surface area contributed by atoms with E-state index in [2.05, 4.69) is 6.58 Å². The number of hydrogen-bond acceptors (Lipinski definition) is 2. The minimum Gasteiger partial charge on any atom is -0.497 e. The average Bonchev–Trinajstić information content (AvgIpc) is 2.52. The Labute approximate surface area is 95.3 Å². The molecule has 3 heteroatoms. The van der Waals surface area contributed by atoms with E-state index >= 15 is 0 Å². The zero-order valence-corrected chi connectivity index (χ0v) is 9.78. The number of anilines is 1. The summed E-state index contributed by atoms with van der Waals surface area (Å²) in [6.07, 6.45) is 1.69. The van der Waals surface area contributed by atoms with Crippen molar-refractivity contribution in [3.63, 3.8) is 0 Å². The third-order valence-electron chi connectivity index (χ3n) is 3.28. The number of likely N-dealkylation sites (N-methyl/N-ethyl adjacent to an activating group) is 1. The smallest absolute Gasteiger partial charge is 0.241 e. The van der Waals surface area contributed by atoms with Crippen molar-refractivity contribution in [3.8, 4) is 5.75 Å². The summed E-state index contributed by atoms with van der Waals surface area (Å²) in [5, 5.41) is 0. The lowest BCUT2D eigenvalue weighted by Gasteiger charge is -2.18. The first-order valence-electron chi connectivity index (χ1n) is 5.15. The van der Waals surface area contributed by atoms with Crippen LogP contribution in [0.3, 0.4) is 0 Å². The molecule has 84 valence electrons. The third kappa shape index (κ3) is 1.18. The van der Waals surface area contributed by atoms with Gasteiger partial charge in [-0.1, -0.05) is 6.08 Å². The average molecular weight is 217 g/mol. The predicted molar refractivity (Wildman–Crippen MR) is 64.0 cm³/mol. The second kappa shape index (κ2) is 3.37. The number of rotatable bonds is 2. The Morgan fingerprint density at radius 1 is 1.50 bits per heavy atom. The van der Waals surface area contributed by atoms with E-state index in [0.29, 0.717) is 0 Å². The van der Waals surface area contributed by atoms with Gasteiger partial charge in [-0.05, 0) is 30.7 Å². The van der Waals surface area contributed by atoms with Crippen molar-refractivity contribution in [2.75, 3.05) is 19.1 Å². The molecule has 0 saturated heterocycles.